The number of carbonyl (C=O) groups excluding carboxylic acids is 1. The summed E-state index contributed by atoms with van der Waals surface area (Å²) in [6.07, 6.45) is 1.55. The van der Waals surface area contributed by atoms with Crippen molar-refractivity contribution >= 4 is 29.1 Å². The molecule has 0 fully saturated rings. The minimum Gasteiger partial charge on any atom is -0.497 e. The van der Waals surface area contributed by atoms with Crippen molar-refractivity contribution in [3.05, 3.63) is 53.3 Å². The number of nitrogens with two attached hydrogens (primary N) is 1. The Hall–Kier alpha value is -3.06. The summed E-state index contributed by atoms with van der Waals surface area (Å²) in [6.45, 7) is 0. The predicted molar refractivity (Wildman–Crippen MR) is 96.8 cm³/mol. The number of halogens is 1. The molecule has 3 aromatic rings. The molecule has 0 saturated carbocycles. The van der Waals surface area contributed by atoms with E-state index in [1.807, 2.05) is 0 Å². The Morgan fingerprint density at radius 3 is 2.68 bits per heavy atom. The minimum absolute atomic E-state index is 0.248. The SMILES string of the molecule is COc1ccc(Cl)c(-c2ccc(NC(=O)c3ccnn3C)nc2N)c1. The van der Waals surface area contributed by atoms with Crippen molar-refractivity contribution in [2.24, 2.45) is 7.05 Å². The Morgan fingerprint density at radius 2 is 2.04 bits per heavy atom. The van der Waals surface area contributed by atoms with Crippen LogP contribution in [0.5, 0.6) is 5.75 Å². The summed E-state index contributed by atoms with van der Waals surface area (Å²) in [5, 5.41) is 7.18. The van der Waals surface area contributed by atoms with E-state index in [1.165, 1.54) is 4.68 Å². The van der Waals surface area contributed by atoms with Crippen LogP contribution in [0.25, 0.3) is 11.1 Å². The van der Waals surface area contributed by atoms with E-state index >= 15 is 0 Å². The largest absolute Gasteiger partial charge is 0.497 e. The average Bonchev–Trinajstić information content (AvgIpc) is 3.02. The van der Waals surface area contributed by atoms with Gasteiger partial charge in [0.05, 0.1) is 7.11 Å². The number of nitrogen functional groups attached to an aromatic ring is 1. The van der Waals surface area contributed by atoms with Gasteiger partial charge in [-0.05, 0) is 36.4 Å². The quantitative estimate of drug-likeness (QED) is 0.748. The molecule has 1 aromatic carbocycles. The van der Waals surface area contributed by atoms with Gasteiger partial charge < -0.3 is 15.8 Å². The minimum atomic E-state index is -0.320. The molecule has 25 heavy (non-hydrogen) atoms. The highest BCUT2D eigenvalue weighted by Crippen LogP contribution is 2.34. The van der Waals surface area contributed by atoms with Gasteiger partial charge in [-0.1, -0.05) is 11.6 Å². The molecule has 2 heterocycles. The molecule has 128 valence electrons. The Labute approximate surface area is 149 Å². The summed E-state index contributed by atoms with van der Waals surface area (Å²) in [5.41, 5.74) is 7.83. The van der Waals surface area contributed by atoms with Crippen molar-refractivity contribution in [1.29, 1.82) is 0 Å². The molecule has 0 radical (unpaired) electrons. The molecule has 0 spiro atoms. The second kappa shape index (κ2) is 6.82. The maximum Gasteiger partial charge on any atom is 0.275 e. The van der Waals surface area contributed by atoms with E-state index in [-0.39, 0.29) is 11.7 Å². The number of aromatic nitrogens is 3. The number of nitrogens with zero attached hydrogens (tertiary/aromatic N) is 3. The predicted octanol–water partition coefficient (Wildman–Crippen LogP) is 2.98. The number of nitrogens with one attached hydrogen (secondary N) is 1. The first-order chi connectivity index (χ1) is 12.0. The number of rotatable bonds is 4. The van der Waals surface area contributed by atoms with Crippen molar-refractivity contribution in [3.63, 3.8) is 0 Å². The summed E-state index contributed by atoms with van der Waals surface area (Å²) < 4.78 is 6.69. The standard InChI is InChI=1S/C17H16ClN5O2/c1-23-14(7-8-20-23)17(24)22-15-6-4-11(16(19)21-15)12-9-10(25-2)3-5-13(12)18/h3-9H,1-2H3,(H3,19,21,22,24). The van der Waals surface area contributed by atoms with Crippen molar-refractivity contribution < 1.29 is 9.53 Å². The van der Waals surface area contributed by atoms with Crippen LogP contribution in [-0.4, -0.2) is 27.8 Å². The zero-order valence-corrected chi connectivity index (χ0v) is 14.4. The number of hydrogen-bond acceptors (Lipinski definition) is 5. The van der Waals surface area contributed by atoms with Gasteiger partial charge in [0, 0.05) is 29.4 Å². The number of aryl methyl sites for hydroxylation is 1. The monoisotopic (exact) mass is 357 g/mol. The summed E-state index contributed by atoms with van der Waals surface area (Å²) in [6, 6.07) is 10.3. The third-order valence-corrected chi connectivity index (χ3v) is 4.01. The molecule has 0 aliphatic rings. The molecular weight excluding hydrogens is 342 g/mol. The lowest BCUT2D eigenvalue weighted by Gasteiger charge is -2.11. The molecule has 3 N–H and O–H groups in total. The second-order valence-electron chi connectivity index (χ2n) is 5.27. The average molecular weight is 358 g/mol. The summed E-state index contributed by atoms with van der Waals surface area (Å²) in [4.78, 5) is 16.5. The number of pyridine rings is 1. The molecule has 0 unspecified atom stereocenters. The van der Waals surface area contributed by atoms with Crippen LogP contribution in [0.15, 0.2) is 42.6 Å². The molecule has 0 saturated heterocycles. The molecule has 8 heteroatoms. The molecule has 7 nitrogen and oxygen atoms in total. The normalized spacial score (nSPS) is 10.5. The van der Waals surface area contributed by atoms with Gasteiger partial charge in [-0.15, -0.1) is 0 Å². The number of methoxy groups -OCH3 is 1. The number of hydrogen-bond donors (Lipinski definition) is 2. The molecule has 0 aliphatic heterocycles. The van der Waals surface area contributed by atoms with E-state index in [0.29, 0.717) is 33.4 Å². The molecule has 1 amide bonds. The van der Waals surface area contributed by atoms with Gasteiger partial charge in [-0.2, -0.15) is 5.10 Å². The van der Waals surface area contributed by atoms with Crippen molar-refractivity contribution in [2.45, 2.75) is 0 Å². The fraction of sp³-hybridized carbons (Fsp3) is 0.118. The van der Waals surface area contributed by atoms with Crippen LogP contribution in [-0.2, 0) is 7.05 Å². The second-order valence-corrected chi connectivity index (χ2v) is 5.68. The highest BCUT2D eigenvalue weighted by molar-refractivity contribution is 6.33. The lowest BCUT2D eigenvalue weighted by molar-refractivity contribution is 0.101. The highest BCUT2D eigenvalue weighted by Gasteiger charge is 2.14. The van der Waals surface area contributed by atoms with Crippen LogP contribution >= 0.6 is 11.6 Å². The maximum atomic E-state index is 12.2. The summed E-state index contributed by atoms with van der Waals surface area (Å²) in [5.74, 6) is 0.927. The number of ether oxygens (including phenoxy) is 1. The van der Waals surface area contributed by atoms with Gasteiger partial charge in [0.2, 0.25) is 0 Å². The van der Waals surface area contributed by atoms with Gasteiger partial charge in [-0.25, -0.2) is 4.98 Å². The van der Waals surface area contributed by atoms with Gasteiger partial charge in [0.15, 0.2) is 0 Å². The van der Waals surface area contributed by atoms with E-state index in [9.17, 15) is 4.79 Å². The number of anilines is 2. The Kier molecular flexibility index (Phi) is 4.58. The van der Waals surface area contributed by atoms with E-state index in [0.717, 1.165) is 0 Å². The maximum absolute atomic E-state index is 12.2. The Morgan fingerprint density at radius 1 is 1.24 bits per heavy atom. The summed E-state index contributed by atoms with van der Waals surface area (Å²) in [7, 11) is 3.26. The zero-order valence-electron chi connectivity index (χ0n) is 13.7. The van der Waals surface area contributed by atoms with E-state index in [1.54, 1.807) is 56.8 Å². The van der Waals surface area contributed by atoms with Crippen LogP contribution in [0, 0.1) is 0 Å². The third kappa shape index (κ3) is 3.41. The third-order valence-electron chi connectivity index (χ3n) is 3.68. The first-order valence-corrected chi connectivity index (χ1v) is 7.77. The van der Waals surface area contributed by atoms with Crippen molar-refractivity contribution in [2.75, 3.05) is 18.2 Å². The van der Waals surface area contributed by atoms with Gasteiger partial charge >= 0.3 is 0 Å². The van der Waals surface area contributed by atoms with E-state index < -0.39 is 0 Å². The van der Waals surface area contributed by atoms with Crippen LogP contribution in [0.4, 0.5) is 11.6 Å². The smallest absolute Gasteiger partial charge is 0.275 e. The van der Waals surface area contributed by atoms with Crippen LogP contribution in [0.1, 0.15) is 10.5 Å². The lowest BCUT2D eigenvalue weighted by Crippen LogP contribution is -2.17. The molecule has 0 bridgehead atoms. The van der Waals surface area contributed by atoms with Crippen molar-refractivity contribution in [1.82, 2.24) is 14.8 Å². The fourth-order valence-corrected chi connectivity index (χ4v) is 2.61. The van der Waals surface area contributed by atoms with Crippen LogP contribution < -0.4 is 15.8 Å². The van der Waals surface area contributed by atoms with Gasteiger partial charge in [0.1, 0.15) is 23.1 Å². The Bertz CT molecular complexity index is 939. The van der Waals surface area contributed by atoms with E-state index in [4.69, 9.17) is 22.1 Å². The Balaban J connectivity index is 1.89. The van der Waals surface area contributed by atoms with Gasteiger partial charge in [0.25, 0.3) is 5.91 Å². The first-order valence-electron chi connectivity index (χ1n) is 7.39. The molecule has 0 aliphatic carbocycles. The van der Waals surface area contributed by atoms with E-state index in [2.05, 4.69) is 15.4 Å². The van der Waals surface area contributed by atoms with Crippen LogP contribution in [0.3, 0.4) is 0 Å². The zero-order chi connectivity index (χ0) is 18.0. The highest BCUT2D eigenvalue weighted by atomic mass is 35.5. The van der Waals surface area contributed by atoms with Crippen LogP contribution in [0.2, 0.25) is 5.02 Å². The molecule has 3 rings (SSSR count). The topological polar surface area (TPSA) is 95.1 Å². The van der Waals surface area contributed by atoms with Gasteiger partial charge in [-0.3, -0.25) is 9.48 Å². The molecule has 0 atom stereocenters. The number of amides is 1. The molecule has 2 aromatic heterocycles. The van der Waals surface area contributed by atoms with Crippen molar-refractivity contribution in [3.8, 4) is 16.9 Å². The molecular formula is C17H16ClN5O2. The summed E-state index contributed by atoms with van der Waals surface area (Å²) >= 11 is 6.25. The number of benzene rings is 1. The first kappa shape index (κ1) is 16.8. The lowest BCUT2D eigenvalue weighted by atomic mass is 10.1. The number of carbonyl (C=O) groups is 1. The fourth-order valence-electron chi connectivity index (χ4n) is 2.39.